The Labute approximate surface area is 118 Å². The highest BCUT2D eigenvalue weighted by Gasteiger charge is 2.46. The predicted octanol–water partition coefficient (Wildman–Crippen LogP) is 5.53. The summed E-state index contributed by atoms with van der Waals surface area (Å²) in [5.41, 5.74) is 1.81. The largest absolute Gasteiger partial charge is 0.543 e. The molecule has 1 rings (SSSR count). The van der Waals surface area contributed by atoms with Gasteiger partial charge >= 0.3 is 0 Å². The lowest BCUT2D eigenvalue weighted by molar-refractivity contribution is 0.479. The molecule has 1 nitrogen and oxygen atoms in total. The number of hydrogen-bond acceptors (Lipinski definition) is 2. The fraction of sp³-hybridized carbons (Fsp3) is 0.600. The third kappa shape index (κ3) is 3.12. The van der Waals surface area contributed by atoms with Crippen molar-refractivity contribution in [2.45, 2.75) is 63.1 Å². The van der Waals surface area contributed by atoms with Crippen LogP contribution >= 0.6 is 12.6 Å². The van der Waals surface area contributed by atoms with Crippen molar-refractivity contribution in [3.63, 3.8) is 0 Å². The maximum atomic E-state index is 6.55. The Hall–Kier alpha value is -0.413. The van der Waals surface area contributed by atoms with Crippen molar-refractivity contribution in [1.82, 2.24) is 0 Å². The molecule has 3 heteroatoms. The lowest BCUT2D eigenvalue weighted by Crippen LogP contribution is -2.50. The van der Waals surface area contributed by atoms with E-state index in [1.165, 1.54) is 0 Å². The van der Waals surface area contributed by atoms with Crippen molar-refractivity contribution < 1.29 is 4.43 Å². The van der Waals surface area contributed by atoms with E-state index in [0.29, 0.717) is 16.6 Å². The van der Waals surface area contributed by atoms with E-state index in [9.17, 15) is 0 Å². The van der Waals surface area contributed by atoms with E-state index in [-0.39, 0.29) is 0 Å². The summed E-state index contributed by atoms with van der Waals surface area (Å²) in [6.45, 7) is 13.8. The summed E-state index contributed by atoms with van der Waals surface area (Å²) in [6, 6.07) is 8.08. The third-order valence-electron chi connectivity index (χ3n) is 3.84. The highest BCUT2D eigenvalue weighted by molar-refractivity contribution is 7.80. The number of hydrogen-bond donors (Lipinski definition) is 1. The van der Waals surface area contributed by atoms with Crippen molar-refractivity contribution in [2.24, 2.45) is 0 Å². The van der Waals surface area contributed by atoms with E-state index >= 15 is 0 Å². The van der Waals surface area contributed by atoms with Crippen LogP contribution in [0.25, 0.3) is 0 Å². The van der Waals surface area contributed by atoms with Crippen LogP contribution in [0, 0.1) is 0 Å². The maximum Gasteiger partial charge on any atom is 0.258 e. The maximum absolute atomic E-state index is 6.55. The average Bonchev–Trinajstić information content (AvgIpc) is 2.26. The van der Waals surface area contributed by atoms with Gasteiger partial charge < -0.3 is 4.43 Å². The smallest absolute Gasteiger partial charge is 0.258 e. The second kappa shape index (κ2) is 6.16. The van der Waals surface area contributed by atoms with Gasteiger partial charge in [-0.2, -0.15) is 0 Å². The highest BCUT2D eigenvalue weighted by Crippen LogP contribution is 2.42. The molecular weight excluding hydrogens is 256 g/mol. The Morgan fingerprint density at radius 2 is 1.22 bits per heavy atom. The van der Waals surface area contributed by atoms with E-state index in [1.807, 2.05) is 24.3 Å². The summed E-state index contributed by atoms with van der Waals surface area (Å²) in [4.78, 5) is 0.980. The molecule has 0 bridgehead atoms. The van der Waals surface area contributed by atoms with Gasteiger partial charge in [-0.05, 0) is 40.9 Å². The molecule has 0 aliphatic carbocycles. The molecule has 0 saturated carbocycles. The van der Waals surface area contributed by atoms with E-state index in [4.69, 9.17) is 4.43 Å². The fourth-order valence-electron chi connectivity index (χ4n) is 3.07. The van der Waals surface area contributed by atoms with Gasteiger partial charge in [0.2, 0.25) is 0 Å². The Morgan fingerprint density at radius 3 is 1.56 bits per heavy atom. The van der Waals surface area contributed by atoms with Crippen LogP contribution < -0.4 is 4.43 Å². The van der Waals surface area contributed by atoms with Crippen LogP contribution in [0.3, 0.4) is 0 Å². The first-order valence-electron chi connectivity index (χ1n) is 6.78. The molecule has 0 spiro atoms. The zero-order chi connectivity index (χ0) is 13.9. The van der Waals surface area contributed by atoms with Gasteiger partial charge in [0.1, 0.15) is 5.75 Å². The minimum atomic E-state index is -1.81. The van der Waals surface area contributed by atoms with E-state index in [1.54, 1.807) is 0 Å². The quantitative estimate of drug-likeness (QED) is 0.552. The minimum absolute atomic E-state index is 0.605. The zero-order valence-electron chi connectivity index (χ0n) is 12.4. The summed E-state index contributed by atoms with van der Waals surface area (Å²) in [5.74, 6) is 0.996. The number of benzene rings is 1. The van der Waals surface area contributed by atoms with Crippen LogP contribution in [-0.4, -0.2) is 8.32 Å². The molecule has 0 atom stereocenters. The molecule has 0 aliphatic rings. The van der Waals surface area contributed by atoms with Gasteiger partial charge in [0.25, 0.3) is 8.32 Å². The first-order chi connectivity index (χ1) is 8.30. The van der Waals surface area contributed by atoms with Crippen LogP contribution in [0.15, 0.2) is 29.2 Å². The molecule has 1 aromatic rings. The topological polar surface area (TPSA) is 9.23 Å². The van der Waals surface area contributed by atoms with Crippen molar-refractivity contribution in [3.05, 3.63) is 24.3 Å². The molecule has 0 N–H and O–H groups in total. The summed E-state index contributed by atoms with van der Waals surface area (Å²) in [7, 11) is -1.81. The van der Waals surface area contributed by atoms with Gasteiger partial charge in [0.15, 0.2) is 0 Å². The van der Waals surface area contributed by atoms with Crippen LogP contribution in [0.2, 0.25) is 16.6 Å². The lowest BCUT2D eigenvalue weighted by atomic mass is 10.3. The second-order valence-electron chi connectivity index (χ2n) is 5.91. The molecule has 0 fully saturated rings. The highest BCUT2D eigenvalue weighted by atomic mass is 32.1. The summed E-state index contributed by atoms with van der Waals surface area (Å²) in [5, 5.41) is 0. The summed E-state index contributed by atoms with van der Waals surface area (Å²) in [6.07, 6.45) is 0. The molecule has 0 amide bonds. The number of thiol groups is 1. The van der Waals surface area contributed by atoms with E-state index in [2.05, 4.69) is 54.2 Å². The molecule has 0 heterocycles. The first kappa shape index (κ1) is 15.6. The lowest BCUT2D eigenvalue weighted by Gasteiger charge is -2.42. The molecule has 0 unspecified atom stereocenters. The van der Waals surface area contributed by atoms with Gasteiger partial charge in [-0.25, -0.2) is 0 Å². The second-order valence-corrected chi connectivity index (χ2v) is 11.8. The summed E-state index contributed by atoms with van der Waals surface area (Å²) >= 11 is 4.32. The minimum Gasteiger partial charge on any atom is -0.543 e. The third-order valence-corrected chi connectivity index (χ3v) is 10.1. The van der Waals surface area contributed by atoms with E-state index < -0.39 is 8.32 Å². The molecule has 0 radical (unpaired) electrons. The molecule has 1 aromatic carbocycles. The van der Waals surface area contributed by atoms with Crippen molar-refractivity contribution >= 4 is 20.9 Å². The first-order valence-corrected chi connectivity index (χ1v) is 9.37. The number of rotatable bonds is 5. The van der Waals surface area contributed by atoms with Gasteiger partial charge in [-0.1, -0.05) is 41.5 Å². The van der Waals surface area contributed by atoms with Crippen LogP contribution in [0.4, 0.5) is 0 Å². The molecule has 0 aliphatic heterocycles. The van der Waals surface area contributed by atoms with Crippen molar-refractivity contribution in [2.75, 3.05) is 0 Å². The Morgan fingerprint density at radius 1 is 0.833 bits per heavy atom. The Kier molecular flexibility index (Phi) is 5.35. The van der Waals surface area contributed by atoms with Gasteiger partial charge in [-0.15, -0.1) is 12.6 Å². The molecular formula is C15H26OSSi. The van der Waals surface area contributed by atoms with Crippen molar-refractivity contribution in [1.29, 1.82) is 0 Å². The van der Waals surface area contributed by atoms with Gasteiger partial charge in [0.05, 0.1) is 0 Å². The van der Waals surface area contributed by atoms with Crippen LogP contribution in [0.5, 0.6) is 5.75 Å². The molecule has 18 heavy (non-hydrogen) atoms. The van der Waals surface area contributed by atoms with Gasteiger partial charge in [-0.3, -0.25) is 0 Å². The van der Waals surface area contributed by atoms with Gasteiger partial charge in [0, 0.05) is 4.90 Å². The molecule has 0 aromatic heterocycles. The Bertz CT molecular complexity index is 349. The normalized spacial score (nSPS) is 12.6. The van der Waals surface area contributed by atoms with Crippen LogP contribution in [0.1, 0.15) is 41.5 Å². The zero-order valence-corrected chi connectivity index (χ0v) is 14.3. The monoisotopic (exact) mass is 282 g/mol. The molecule has 0 saturated heterocycles. The average molecular weight is 283 g/mol. The molecule has 102 valence electrons. The van der Waals surface area contributed by atoms with Crippen LogP contribution in [-0.2, 0) is 0 Å². The predicted molar refractivity (Wildman–Crippen MR) is 85.4 cm³/mol. The fourth-order valence-corrected chi connectivity index (χ4v) is 8.47. The standard InChI is InChI=1S/C15H26OSSi/c1-11(2)18(12(3)4,13(5)6)16-14-7-9-15(17)10-8-14/h7-13,17H,1-6H3. The Balaban J connectivity index is 3.08. The SMILES string of the molecule is CC(C)[Si](Oc1ccc(S)cc1)(C(C)C)C(C)C. The summed E-state index contributed by atoms with van der Waals surface area (Å²) < 4.78 is 6.55. The van der Waals surface area contributed by atoms with E-state index in [0.717, 1.165) is 10.6 Å². The van der Waals surface area contributed by atoms with Crippen molar-refractivity contribution in [3.8, 4) is 5.75 Å².